The van der Waals surface area contributed by atoms with Gasteiger partial charge in [0.1, 0.15) is 5.78 Å². The van der Waals surface area contributed by atoms with E-state index in [1.54, 1.807) is 39.2 Å². The highest BCUT2D eigenvalue weighted by Crippen LogP contribution is 2.32. The molecule has 208 valence electrons. The molecule has 5 atom stereocenters. The molecule has 1 aromatic rings. The number of aliphatic hydroxyl groups is 1. The summed E-state index contributed by atoms with van der Waals surface area (Å²) in [6.45, 7) is 13.2. The fraction of sp³-hybridized carbons (Fsp3) is 0.621. The molecule has 3 N–H and O–H groups in total. The molecule has 0 fully saturated rings. The molecule has 0 aliphatic rings. The highest BCUT2D eigenvalue weighted by Gasteiger charge is 2.42. The van der Waals surface area contributed by atoms with Gasteiger partial charge in [0, 0.05) is 24.4 Å². The molecular formula is C29H46N2O5S. The molecule has 0 spiro atoms. The molecule has 0 amide bonds. The van der Waals surface area contributed by atoms with E-state index in [4.69, 9.17) is 9.84 Å². The van der Waals surface area contributed by atoms with Gasteiger partial charge in [0.25, 0.3) is 0 Å². The van der Waals surface area contributed by atoms with Crippen molar-refractivity contribution in [2.24, 2.45) is 17.3 Å². The third kappa shape index (κ3) is 10.3. The van der Waals surface area contributed by atoms with E-state index in [1.807, 2.05) is 20.9 Å². The Morgan fingerprint density at radius 1 is 1.24 bits per heavy atom. The largest absolute Gasteiger partial charge is 0.481 e. The van der Waals surface area contributed by atoms with Gasteiger partial charge in [-0.1, -0.05) is 57.1 Å². The molecule has 7 nitrogen and oxygen atoms in total. The molecule has 0 bridgehead atoms. The molecule has 0 aromatic carbocycles. The first-order valence-electron chi connectivity index (χ1n) is 12.8. The Labute approximate surface area is 226 Å². The molecule has 0 aliphatic heterocycles. The number of hydrogen-bond donors (Lipinski definition) is 3. The number of carbonyl (C=O) groups is 2. The first kappa shape index (κ1) is 32.9. The summed E-state index contributed by atoms with van der Waals surface area (Å²) in [5.74, 6) is -1.77. The summed E-state index contributed by atoms with van der Waals surface area (Å²) in [6, 6.07) is 0.217. The topological polar surface area (TPSA) is 109 Å². The van der Waals surface area contributed by atoms with E-state index < -0.39 is 29.8 Å². The number of hydrogen-bond acceptors (Lipinski definition) is 7. The minimum atomic E-state index is -1.26. The molecule has 0 saturated heterocycles. The number of Topliss-reactive ketones (excluding diaryl/α,β-unsaturated/α-hetero) is 1. The Balaban J connectivity index is 2.77. The number of aliphatic hydroxyl groups excluding tert-OH is 1. The molecule has 8 heteroatoms. The van der Waals surface area contributed by atoms with Crippen molar-refractivity contribution in [3.8, 4) is 0 Å². The van der Waals surface area contributed by atoms with Crippen molar-refractivity contribution in [3.63, 3.8) is 0 Å². The van der Waals surface area contributed by atoms with Crippen molar-refractivity contribution in [1.82, 2.24) is 10.3 Å². The number of nitrogens with one attached hydrogen (secondary N) is 1. The van der Waals surface area contributed by atoms with E-state index in [0.717, 1.165) is 29.1 Å². The number of carbonyl (C=O) groups excluding carboxylic acids is 1. The van der Waals surface area contributed by atoms with Crippen LogP contribution in [0.4, 0.5) is 0 Å². The maximum absolute atomic E-state index is 13.1. The molecular weight excluding hydrogens is 488 g/mol. The van der Waals surface area contributed by atoms with Crippen LogP contribution >= 0.6 is 11.3 Å². The fourth-order valence-electron chi connectivity index (χ4n) is 4.54. The lowest BCUT2D eigenvalue weighted by Crippen LogP contribution is -2.45. The van der Waals surface area contributed by atoms with Crippen molar-refractivity contribution < 1.29 is 24.5 Å². The summed E-state index contributed by atoms with van der Waals surface area (Å²) < 4.78 is 5.69. The Hall–Kier alpha value is -2.13. The molecule has 1 heterocycles. The lowest BCUT2D eigenvalue weighted by molar-refractivity contribution is -0.148. The van der Waals surface area contributed by atoms with Crippen LogP contribution in [0, 0.1) is 24.2 Å². The zero-order valence-electron chi connectivity index (χ0n) is 23.9. The number of allylic oxidation sites excluding steroid dienone is 3. The number of thiazole rings is 1. The second-order valence-corrected chi connectivity index (χ2v) is 11.6. The van der Waals surface area contributed by atoms with E-state index in [0.29, 0.717) is 0 Å². The van der Waals surface area contributed by atoms with E-state index >= 15 is 0 Å². The van der Waals surface area contributed by atoms with Gasteiger partial charge in [0.05, 0.1) is 34.7 Å². The van der Waals surface area contributed by atoms with Crippen LogP contribution in [-0.4, -0.2) is 59.4 Å². The van der Waals surface area contributed by atoms with E-state index in [9.17, 15) is 14.7 Å². The summed E-state index contributed by atoms with van der Waals surface area (Å²) >= 11 is 1.65. The van der Waals surface area contributed by atoms with Gasteiger partial charge in [-0.15, -0.1) is 11.3 Å². The maximum atomic E-state index is 13.1. The molecule has 0 unspecified atom stereocenters. The zero-order chi connectivity index (χ0) is 28.3. The first-order valence-corrected chi connectivity index (χ1v) is 13.7. The zero-order valence-corrected chi connectivity index (χ0v) is 24.7. The maximum Gasteiger partial charge on any atom is 0.306 e. The number of ketones is 1. The summed E-state index contributed by atoms with van der Waals surface area (Å²) in [5.41, 5.74) is 2.20. The van der Waals surface area contributed by atoms with Gasteiger partial charge in [0.15, 0.2) is 0 Å². The van der Waals surface area contributed by atoms with Gasteiger partial charge in [-0.25, -0.2) is 4.98 Å². The number of likely N-dealkylation sites (N-methyl/N-ethyl adjacent to an activating group) is 1. The number of carboxylic acids is 1. The average molecular weight is 535 g/mol. The Morgan fingerprint density at radius 3 is 2.41 bits per heavy atom. The number of carboxylic acid groups (broad SMARTS) is 1. The summed E-state index contributed by atoms with van der Waals surface area (Å²) in [5, 5.41) is 25.8. The number of nitrogens with zero attached hydrogens (tertiary/aromatic N) is 1. The molecule has 1 aromatic heterocycles. The Bertz CT molecular complexity index is 979. The predicted octanol–water partition coefficient (Wildman–Crippen LogP) is 5.44. The van der Waals surface area contributed by atoms with E-state index in [1.165, 1.54) is 5.57 Å². The fourth-order valence-corrected chi connectivity index (χ4v) is 5.11. The average Bonchev–Trinajstić information content (AvgIpc) is 3.23. The predicted molar refractivity (Wildman–Crippen MR) is 152 cm³/mol. The highest BCUT2D eigenvalue weighted by atomic mass is 32.1. The lowest BCUT2D eigenvalue weighted by Gasteiger charge is -2.35. The standard InChI is InChI=1S/C29H46N2O5S/c1-18(13-14-24(30-8)20(3)15-23-17-37-22(5)31-23)11-10-12-19(2)27(36-9)21(4)28(35)29(6,7)25(32)16-26(33)34/h10-11,13,15,17,19,21,24-25,27,30,32H,12,14,16H2,1-9H3,(H,33,34)/b11-10+,18-13-,20-15+/t19-,21+,24-,25-,27-/m0/s1. The number of ether oxygens (including phenoxy) is 1. The quantitative estimate of drug-likeness (QED) is 0.242. The second kappa shape index (κ2) is 15.3. The van der Waals surface area contributed by atoms with Gasteiger partial charge < -0.3 is 20.3 Å². The van der Waals surface area contributed by atoms with Crippen LogP contribution in [-0.2, 0) is 14.3 Å². The Kier molecular flexibility index (Phi) is 13.6. The van der Waals surface area contributed by atoms with Gasteiger partial charge in [0.2, 0.25) is 0 Å². The lowest BCUT2D eigenvalue weighted by atomic mass is 9.73. The molecule has 0 radical (unpaired) electrons. The van der Waals surface area contributed by atoms with Gasteiger partial charge in [-0.05, 0) is 52.7 Å². The van der Waals surface area contributed by atoms with Gasteiger partial charge >= 0.3 is 5.97 Å². The van der Waals surface area contributed by atoms with E-state index in [-0.39, 0.29) is 23.8 Å². The van der Waals surface area contributed by atoms with E-state index in [2.05, 4.69) is 53.8 Å². The van der Waals surface area contributed by atoms with Crippen molar-refractivity contribution in [2.75, 3.05) is 14.2 Å². The van der Waals surface area contributed by atoms with Crippen LogP contribution < -0.4 is 5.32 Å². The van der Waals surface area contributed by atoms with Crippen LogP contribution in [0.5, 0.6) is 0 Å². The summed E-state index contributed by atoms with van der Waals surface area (Å²) in [6.07, 6.45) is 8.01. The van der Waals surface area contributed by atoms with Crippen molar-refractivity contribution in [3.05, 3.63) is 45.5 Å². The minimum absolute atomic E-state index is 0.0530. The Morgan fingerprint density at radius 2 is 1.89 bits per heavy atom. The third-order valence-electron chi connectivity index (χ3n) is 7.05. The van der Waals surface area contributed by atoms with Crippen molar-refractivity contribution in [2.45, 2.75) is 86.0 Å². The number of aromatic nitrogens is 1. The van der Waals surface area contributed by atoms with Crippen LogP contribution in [0.15, 0.2) is 34.8 Å². The molecule has 0 aliphatic carbocycles. The third-order valence-corrected chi connectivity index (χ3v) is 7.84. The number of aryl methyl sites for hydroxylation is 1. The number of rotatable bonds is 16. The van der Waals surface area contributed by atoms with Gasteiger partial charge in [-0.2, -0.15) is 0 Å². The summed E-state index contributed by atoms with van der Waals surface area (Å²) in [7, 11) is 3.55. The number of methoxy groups -OCH3 is 1. The van der Waals surface area contributed by atoms with Crippen molar-refractivity contribution >= 4 is 29.2 Å². The SMILES string of the molecule is CN[C@@H](C/C=C(C)\C=C\C[C@H](C)[C@H](OC)[C@@H](C)C(=O)C(C)(C)[C@@H](O)CC(=O)O)/C(C)=C/c1csc(C)n1. The van der Waals surface area contributed by atoms with Gasteiger partial charge in [-0.3, -0.25) is 9.59 Å². The monoisotopic (exact) mass is 534 g/mol. The normalized spacial score (nSPS) is 17.5. The molecule has 0 saturated carbocycles. The number of aliphatic carboxylic acids is 1. The molecule has 1 rings (SSSR count). The molecule has 37 heavy (non-hydrogen) atoms. The highest BCUT2D eigenvalue weighted by molar-refractivity contribution is 7.09. The van der Waals surface area contributed by atoms with Crippen LogP contribution in [0.3, 0.4) is 0 Å². The van der Waals surface area contributed by atoms with Crippen LogP contribution in [0.25, 0.3) is 6.08 Å². The first-order chi connectivity index (χ1) is 17.2. The van der Waals surface area contributed by atoms with Crippen LogP contribution in [0.1, 0.15) is 71.5 Å². The smallest absolute Gasteiger partial charge is 0.306 e. The van der Waals surface area contributed by atoms with Crippen molar-refractivity contribution in [1.29, 1.82) is 0 Å². The minimum Gasteiger partial charge on any atom is -0.481 e. The van der Waals surface area contributed by atoms with Crippen LogP contribution in [0.2, 0.25) is 0 Å². The second-order valence-electron chi connectivity index (χ2n) is 10.5. The summed E-state index contributed by atoms with van der Waals surface area (Å²) in [4.78, 5) is 28.7.